The Kier molecular flexibility index (Phi) is 5.70. The van der Waals surface area contributed by atoms with Gasteiger partial charge in [0.2, 0.25) is 5.91 Å². The fourth-order valence-corrected chi connectivity index (χ4v) is 4.02. The molecule has 0 spiro atoms. The molecule has 9 nitrogen and oxygen atoms in total. The lowest BCUT2D eigenvalue weighted by atomic mass is 10.1. The maximum atomic E-state index is 12.5. The molecule has 0 radical (unpaired) electrons. The zero-order valence-electron chi connectivity index (χ0n) is 18.6. The number of nitrogens with zero attached hydrogens (tertiary/aromatic N) is 7. The molecule has 0 bridgehead atoms. The van der Waals surface area contributed by atoms with Crippen LogP contribution >= 0.6 is 0 Å². The van der Waals surface area contributed by atoms with Crippen LogP contribution in [0.25, 0.3) is 33.6 Å². The highest BCUT2D eigenvalue weighted by molar-refractivity contribution is 5.76. The number of rotatable bonds is 6. The summed E-state index contributed by atoms with van der Waals surface area (Å²) < 4.78 is 8.78. The highest BCUT2D eigenvalue weighted by Crippen LogP contribution is 2.25. The van der Waals surface area contributed by atoms with Gasteiger partial charge in [-0.3, -0.25) is 14.2 Å². The van der Waals surface area contributed by atoms with Crippen molar-refractivity contribution in [3.8, 4) is 33.6 Å². The number of amides is 1. The maximum absolute atomic E-state index is 12.5. The van der Waals surface area contributed by atoms with Gasteiger partial charge in [0.25, 0.3) is 0 Å². The summed E-state index contributed by atoms with van der Waals surface area (Å²) in [5, 5.41) is 8.58. The van der Waals surface area contributed by atoms with Gasteiger partial charge in [0.1, 0.15) is 6.54 Å². The van der Waals surface area contributed by atoms with Crippen LogP contribution in [-0.2, 0) is 23.1 Å². The van der Waals surface area contributed by atoms with E-state index in [-0.39, 0.29) is 18.6 Å². The van der Waals surface area contributed by atoms with E-state index in [1.807, 2.05) is 48.7 Å². The smallest absolute Gasteiger partial charge is 0.244 e. The number of hydrogen-bond acceptors (Lipinski definition) is 6. The third kappa shape index (κ3) is 4.54. The molecule has 0 aliphatic carbocycles. The molecule has 1 aromatic carbocycles. The van der Waals surface area contributed by atoms with E-state index in [0.717, 1.165) is 40.8 Å². The largest absolute Gasteiger partial charge is 0.380 e. The van der Waals surface area contributed by atoms with Gasteiger partial charge in [0, 0.05) is 74.3 Å². The van der Waals surface area contributed by atoms with Gasteiger partial charge >= 0.3 is 0 Å². The summed E-state index contributed by atoms with van der Waals surface area (Å²) in [6, 6.07) is 8.08. The van der Waals surface area contributed by atoms with Gasteiger partial charge in [0.05, 0.1) is 18.5 Å². The number of likely N-dealkylation sites (tertiary alicyclic amines) is 1. The van der Waals surface area contributed by atoms with Gasteiger partial charge in [-0.2, -0.15) is 10.2 Å². The van der Waals surface area contributed by atoms with E-state index in [4.69, 9.17) is 4.74 Å². The van der Waals surface area contributed by atoms with Crippen LogP contribution < -0.4 is 0 Å². The van der Waals surface area contributed by atoms with Gasteiger partial charge in [-0.25, -0.2) is 9.97 Å². The van der Waals surface area contributed by atoms with Crippen molar-refractivity contribution in [2.45, 2.75) is 19.1 Å². The third-order valence-corrected chi connectivity index (χ3v) is 5.91. The second kappa shape index (κ2) is 8.95. The Morgan fingerprint density at radius 3 is 2.48 bits per heavy atom. The molecule has 33 heavy (non-hydrogen) atoms. The molecule has 9 heteroatoms. The summed E-state index contributed by atoms with van der Waals surface area (Å²) in [6.45, 7) is 1.57. The molecule has 1 atom stereocenters. The van der Waals surface area contributed by atoms with E-state index >= 15 is 0 Å². The molecular weight excluding hydrogens is 418 g/mol. The second-order valence-electron chi connectivity index (χ2n) is 8.19. The van der Waals surface area contributed by atoms with Crippen LogP contribution in [0.1, 0.15) is 6.42 Å². The van der Waals surface area contributed by atoms with Crippen molar-refractivity contribution in [1.82, 2.24) is 34.4 Å². The van der Waals surface area contributed by atoms with Crippen LogP contribution in [0.3, 0.4) is 0 Å². The van der Waals surface area contributed by atoms with Crippen LogP contribution in [0.4, 0.5) is 0 Å². The lowest BCUT2D eigenvalue weighted by molar-refractivity contribution is -0.131. The molecule has 1 amide bonds. The number of benzene rings is 1. The standard InChI is InChI=1S/C24H25N7O2/c1-29-13-20(11-27-29)17-4-3-5-18(8-17)24-25-9-19(10-26-24)21-12-28-31(14-21)16-23(32)30-7-6-22(15-30)33-2/h3-5,8-14,22H,6-7,15-16H2,1-2H3. The molecule has 1 aliphatic rings. The third-order valence-electron chi connectivity index (χ3n) is 5.91. The van der Waals surface area contributed by atoms with E-state index in [1.54, 1.807) is 35.1 Å². The highest BCUT2D eigenvalue weighted by Gasteiger charge is 2.26. The molecule has 0 N–H and O–H groups in total. The molecule has 4 aromatic rings. The minimum Gasteiger partial charge on any atom is -0.380 e. The topological polar surface area (TPSA) is 91.0 Å². The Hall–Kier alpha value is -3.85. The summed E-state index contributed by atoms with van der Waals surface area (Å²) in [7, 11) is 3.58. The molecule has 1 saturated heterocycles. The van der Waals surface area contributed by atoms with Gasteiger partial charge < -0.3 is 9.64 Å². The first-order valence-electron chi connectivity index (χ1n) is 10.8. The minimum absolute atomic E-state index is 0.0456. The van der Waals surface area contributed by atoms with Crippen molar-refractivity contribution in [2.75, 3.05) is 20.2 Å². The molecule has 168 valence electrons. The fraction of sp³-hybridized carbons (Fsp3) is 0.292. The first-order valence-corrected chi connectivity index (χ1v) is 10.8. The monoisotopic (exact) mass is 443 g/mol. The quantitative estimate of drug-likeness (QED) is 0.455. The molecule has 1 aliphatic heterocycles. The summed E-state index contributed by atoms with van der Waals surface area (Å²) in [6.07, 6.45) is 12.0. The van der Waals surface area contributed by atoms with Crippen LogP contribution in [0.2, 0.25) is 0 Å². The van der Waals surface area contributed by atoms with E-state index in [1.165, 1.54) is 0 Å². The Morgan fingerprint density at radius 2 is 1.76 bits per heavy atom. The van der Waals surface area contributed by atoms with Crippen molar-refractivity contribution in [3.63, 3.8) is 0 Å². The summed E-state index contributed by atoms with van der Waals surface area (Å²) in [4.78, 5) is 23.5. The molecule has 5 rings (SSSR count). The average molecular weight is 444 g/mol. The number of aryl methyl sites for hydroxylation is 1. The predicted molar refractivity (Wildman–Crippen MR) is 123 cm³/mol. The van der Waals surface area contributed by atoms with Gasteiger partial charge in [-0.1, -0.05) is 18.2 Å². The van der Waals surface area contributed by atoms with Crippen molar-refractivity contribution in [2.24, 2.45) is 7.05 Å². The van der Waals surface area contributed by atoms with E-state index < -0.39 is 0 Å². The van der Waals surface area contributed by atoms with Crippen LogP contribution in [-0.4, -0.2) is 66.6 Å². The molecule has 4 heterocycles. The molecule has 1 fully saturated rings. The fourth-order valence-electron chi connectivity index (χ4n) is 4.02. The van der Waals surface area contributed by atoms with Crippen LogP contribution in [0.5, 0.6) is 0 Å². The summed E-state index contributed by atoms with van der Waals surface area (Å²) in [5.74, 6) is 0.693. The van der Waals surface area contributed by atoms with Gasteiger partial charge in [-0.05, 0) is 18.1 Å². The number of hydrogen-bond donors (Lipinski definition) is 0. The van der Waals surface area contributed by atoms with Gasteiger partial charge in [-0.15, -0.1) is 0 Å². The number of carbonyl (C=O) groups is 1. The Balaban J connectivity index is 1.28. The normalized spacial score (nSPS) is 15.8. The zero-order chi connectivity index (χ0) is 22.8. The van der Waals surface area contributed by atoms with E-state index in [2.05, 4.69) is 26.2 Å². The molecule has 0 saturated carbocycles. The number of ether oxygens (including phenoxy) is 1. The lowest BCUT2D eigenvalue weighted by Gasteiger charge is -2.15. The molecular formula is C24H25N7O2. The second-order valence-corrected chi connectivity index (χ2v) is 8.19. The first-order chi connectivity index (χ1) is 16.1. The predicted octanol–water partition coefficient (Wildman–Crippen LogP) is 2.65. The van der Waals surface area contributed by atoms with Crippen LogP contribution in [0, 0.1) is 0 Å². The Bertz CT molecular complexity index is 1260. The lowest BCUT2D eigenvalue weighted by Crippen LogP contribution is -2.32. The SMILES string of the molecule is COC1CCN(C(=O)Cn2cc(-c3cnc(-c4cccc(-c5cnn(C)c5)c4)nc3)cn2)C1. The zero-order valence-corrected chi connectivity index (χ0v) is 18.6. The van der Waals surface area contributed by atoms with Crippen molar-refractivity contribution in [3.05, 3.63) is 61.4 Å². The summed E-state index contributed by atoms with van der Waals surface area (Å²) in [5.41, 5.74) is 4.76. The number of aromatic nitrogens is 6. The van der Waals surface area contributed by atoms with Crippen molar-refractivity contribution < 1.29 is 9.53 Å². The van der Waals surface area contributed by atoms with Gasteiger partial charge in [0.15, 0.2) is 5.82 Å². The average Bonchev–Trinajstić information content (AvgIpc) is 3.60. The van der Waals surface area contributed by atoms with Crippen molar-refractivity contribution >= 4 is 5.91 Å². The molecule has 3 aromatic heterocycles. The highest BCUT2D eigenvalue weighted by atomic mass is 16.5. The number of carbonyl (C=O) groups excluding carboxylic acids is 1. The van der Waals surface area contributed by atoms with E-state index in [0.29, 0.717) is 12.4 Å². The number of methoxy groups -OCH3 is 1. The first kappa shape index (κ1) is 21.0. The van der Waals surface area contributed by atoms with Crippen molar-refractivity contribution in [1.29, 1.82) is 0 Å². The summed E-state index contributed by atoms with van der Waals surface area (Å²) >= 11 is 0. The maximum Gasteiger partial charge on any atom is 0.244 e. The Labute approximate surface area is 191 Å². The molecule has 1 unspecified atom stereocenters. The van der Waals surface area contributed by atoms with Crippen LogP contribution in [0.15, 0.2) is 61.4 Å². The minimum atomic E-state index is 0.0456. The Morgan fingerprint density at radius 1 is 1.00 bits per heavy atom. The van der Waals surface area contributed by atoms with E-state index in [9.17, 15) is 4.79 Å².